The molecule has 0 atom stereocenters. The highest BCUT2D eigenvalue weighted by Gasteiger charge is 2.22. The van der Waals surface area contributed by atoms with Crippen molar-refractivity contribution in [2.75, 3.05) is 0 Å². The van der Waals surface area contributed by atoms with E-state index in [0.717, 1.165) is 18.5 Å². The quantitative estimate of drug-likeness (QED) is 0.365. The summed E-state index contributed by atoms with van der Waals surface area (Å²) in [5.41, 5.74) is 10.1. The van der Waals surface area contributed by atoms with E-state index >= 15 is 0 Å². The molecule has 0 amide bonds. The van der Waals surface area contributed by atoms with Crippen molar-refractivity contribution in [1.82, 2.24) is 9.97 Å². The molecular formula is C28H28N2. The summed E-state index contributed by atoms with van der Waals surface area (Å²) in [6.45, 7) is 8.96. The van der Waals surface area contributed by atoms with E-state index in [1.807, 2.05) is 6.20 Å². The van der Waals surface area contributed by atoms with Crippen LogP contribution in [0, 0.1) is 0 Å². The number of fused-ring (bicyclic) bond motifs is 4. The van der Waals surface area contributed by atoms with E-state index in [9.17, 15) is 0 Å². The van der Waals surface area contributed by atoms with Crippen molar-refractivity contribution in [2.45, 2.75) is 52.4 Å². The molecule has 1 aliphatic carbocycles. The van der Waals surface area contributed by atoms with E-state index in [1.54, 1.807) is 0 Å². The molecule has 4 aromatic rings. The van der Waals surface area contributed by atoms with Crippen LogP contribution in [0.2, 0.25) is 0 Å². The predicted octanol–water partition coefficient (Wildman–Crippen LogP) is 7.31. The summed E-state index contributed by atoms with van der Waals surface area (Å²) >= 11 is 0. The largest absolute Gasteiger partial charge is 0.257 e. The van der Waals surface area contributed by atoms with E-state index < -0.39 is 0 Å². The van der Waals surface area contributed by atoms with Crippen molar-refractivity contribution < 1.29 is 0 Å². The highest BCUT2D eigenvalue weighted by atomic mass is 14.7. The molecule has 0 fully saturated rings. The third-order valence-corrected chi connectivity index (χ3v) is 6.33. The maximum absolute atomic E-state index is 4.97. The standard InChI is InChI=1S/C28H28N2/c1-17(2)25-16-20(15-19-7-5-6-8-21(19)25)28-24-10-12-27-23(22(24)13-14-29-28)9-11-26(30-27)18(3)4/h5-9,11,13-18H,10,12H2,1-4H3. The summed E-state index contributed by atoms with van der Waals surface area (Å²) in [7, 11) is 0. The van der Waals surface area contributed by atoms with Gasteiger partial charge in [0.25, 0.3) is 0 Å². The number of hydrogen-bond donors (Lipinski definition) is 0. The zero-order valence-electron chi connectivity index (χ0n) is 18.2. The molecule has 0 saturated heterocycles. The van der Waals surface area contributed by atoms with Crippen LogP contribution in [0.4, 0.5) is 0 Å². The van der Waals surface area contributed by atoms with E-state index in [1.165, 1.54) is 50.0 Å². The molecule has 2 aromatic carbocycles. The first-order valence-electron chi connectivity index (χ1n) is 11.0. The lowest BCUT2D eigenvalue weighted by Gasteiger charge is -2.23. The van der Waals surface area contributed by atoms with Crippen LogP contribution < -0.4 is 0 Å². The summed E-state index contributed by atoms with van der Waals surface area (Å²) in [6.07, 6.45) is 3.93. The molecule has 2 heterocycles. The highest BCUT2D eigenvalue weighted by Crippen LogP contribution is 2.39. The molecular weight excluding hydrogens is 364 g/mol. The Hall–Kier alpha value is -3.00. The number of benzene rings is 2. The minimum Gasteiger partial charge on any atom is -0.257 e. The second-order valence-electron chi connectivity index (χ2n) is 9.01. The fourth-order valence-corrected chi connectivity index (χ4v) is 4.72. The van der Waals surface area contributed by atoms with Gasteiger partial charge >= 0.3 is 0 Å². The summed E-state index contributed by atoms with van der Waals surface area (Å²) < 4.78 is 0. The summed E-state index contributed by atoms with van der Waals surface area (Å²) in [4.78, 5) is 9.84. The molecule has 150 valence electrons. The van der Waals surface area contributed by atoms with Crippen LogP contribution in [0.3, 0.4) is 0 Å². The fraction of sp³-hybridized carbons (Fsp3) is 0.286. The van der Waals surface area contributed by atoms with Crippen LogP contribution >= 0.6 is 0 Å². The van der Waals surface area contributed by atoms with Crippen molar-refractivity contribution in [3.63, 3.8) is 0 Å². The van der Waals surface area contributed by atoms with Crippen LogP contribution in [0.1, 0.15) is 62.0 Å². The first-order valence-corrected chi connectivity index (χ1v) is 11.0. The van der Waals surface area contributed by atoms with Gasteiger partial charge in [-0.3, -0.25) is 9.97 Å². The van der Waals surface area contributed by atoms with Crippen LogP contribution in [0.25, 0.3) is 33.2 Å². The number of rotatable bonds is 3. The second kappa shape index (κ2) is 7.36. The highest BCUT2D eigenvalue weighted by molar-refractivity contribution is 5.91. The Balaban J connectivity index is 1.69. The molecule has 0 radical (unpaired) electrons. The number of aromatic nitrogens is 2. The zero-order valence-corrected chi connectivity index (χ0v) is 18.2. The monoisotopic (exact) mass is 392 g/mol. The molecule has 0 spiro atoms. The SMILES string of the molecule is CC(C)c1ccc2c(n1)CCc1c-2ccnc1-c1cc(C(C)C)c2ccccc2c1. The summed E-state index contributed by atoms with van der Waals surface area (Å²) in [5, 5.41) is 2.63. The molecule has 0 saturated carbocycles. The number of aryl methyl sites for hydroxylation is 1. The Bertz CT molecular complexity index is 1250. The van der Waals surface area contributed by atoms with Crippen molar-refractivity contribution in [3.05, 3.63) is 83.3 Å². The molecule has 0 aliphatic heterocycles. The lowest BCUT2D eigenvalue weighted by molar-refractivity contribution is 0.792. The van der Waals surface area contributed by atoms with E-state index in [-0.39, 0.29) is 0 Å². The van der Waals surface area contributed by atoms with Crippen LogP contribution in [0.5, 0.6) is 0 Å². The van der Waals surface area contributed by atoms with Gasteiger partial charge in [-0.15, -0.1) is 0 Å². The van der Waals surface area contributed by atoms with E-state index in [2.05, 4.69) is 82.3 Å². The molecule has 0 bridgehead atoms. The van der Waals surface area contributed by atoms with Crippen molar-refractivity contribution >= 4 is 10.8 Å². The average molecular weight is 393 g/mol. The van der Waals surface area contributed by atoms with Gasteiger partial charge in [0, 0.05) is 28.7 Å². The minimum atomic E-state index is 0.455. The third-order valence-electron chi connectivity index (χ3n) is 6.33. The fourth-order valence-electron chi connectivity index (χ4n) is 4.72. The summed E-state index contributed by atoms with van der Waals surface area (Å²) in [6, 6.07) is 20.0. The van der Waals surface area contributed by atoms with Gasteiger partial charge in [-0.25, -0.2) is 0 Å². The first-order chi connectivity index (χ1) is 14.5. The van der Waals surface area contributed by atoms with Crippen molar-refractivity contribution in [2.24, 2.45) is 0 Å². The van der Waals surface area contributed by atoms with Crippen LogP contribution in [-0.4, -0.2) is 9.97 Å². The summed E-state index contributed by atoms with van der Waals surface area (Å²) in [5.74, 6) is 0.922. The molecule has 0 unspecified atom stereocenters. The molecule has 2 nitrogen and oxygen atoms in total. The minimum absolute atomic E-state index is 0.455. The normalized spacial score (nSPS) is 13.0. The Morgan fingerprint density at radius 1 is 0.800 bits per heavy atom. The van der Waals surface area contributed by atoms with Gasteiger partial charge in [0.05, 0.1) is 5.69 Å². The van der Waals surface area contributed by atoms with Crippen LogP contribution in [0.15, 0.2) is 60.8 Å². The van der Waals surface area contributed by atoms with E-state index in [0.29, 0.717) is 11.8 Å². The Labute approximate surface area is 179 Å². The van der Waals surface area contributed by atoms with Gasteiger partial charge in [-0.1, -0.05) is 58.0 Å². The zero-order chi connectivity index (χ0) is 20.8. The van der Waals surface area contributed by atoms with Gasteiger partial charge in [-0.05, 0) is 76.4 Å². The van der Waals surface area contributed by atoms with Crippen molar-refractivity contribution in [3.8, 4) is 22.4 Å². The maximum Gasteiger partial charge on any atom is 0.0740 e. The first kappa shape index (κ1) is 19.0. The molecule has 1 aliphatic rings. The molecule has 2 aromatic heterocycles. The number of nitrogens with zero attached hydrogens (tertiary/aromatic N) is 2. The molecule has 0 N–H and O–H groups in total. The van der Waals surface area contributed by atoms with Gasteiger partial charge < -0.3 is 0 Å². The maximum atomic E-state index is 4.97. The molecule has 5 rings (SSSR count). The lowest BCUT2D eigenvalue weighted by Crippen LogP contribution is -2.10. The molecule has 2 heteroatoms. The Kier molecular flexibility index (Phi) is 4.66. The Morgan fingerprint density at radius 2 is 1.63 bits per heavy atom. The molecule has 30 heavy (non-hydrogen) atoms. The lowest BCUT2D eigenvalue weighted by atomic mass is 9.85. The third kappa shape index (κ3) is 3.11. The Morgan fingerprint density at radius 3 is 2.43 bits per heavy atom. The van der Waals surface area contributed by atoms with Gasteiger partial charge in [0.1, 0.15) is 0 Å². The number of pyridine rings is 2. The smallest absolute Gasteiger partial charge is 0.0740 e. The second-order valence-corrected chi connectivity index (χ2v) is 9.01. The van der Waals surface area contributed by atoms with E-state index in [4.69, 9.17) is 9.97 Å². The predicted molar refractivity (Wildman–Crippen MR) is 126 cm³/mol. The average Bonchev–Trinajstić information content (AvgIpc) is 2.77. The topological polar surface area (TPSA) is 25.8 Å². The van der Waals surface area contributed by atoms with Gasteiger partial charge in [0.2, 0.25) is 0 Å². The van der Waals surface area contributed by atoms with Gasteiger partial charge in [-0.2, -0.15) is 0 Å². The number of hydrogen-bond acceptors (Lipinski definition) is 2. The van der Waals surface area contributed by atoms with Crippen LogP contribution in [-0.2, 0) is 12.8 Å². The van der Waals surface area contributed by atoms with Crippen molar-refractivity contribution in [1.29, 1.82) is 0 Å². The van der Waals surface area contributed by atoms with Gasteiger partial charge in [0.15, 0.2) is 0 Å².